The first-order valence-electron chi connectivity index (χ1n) is 6.33. The smallest absolute Gasteiger partial charge is 0.407 e. The number of benzene rings is 1. The minimum atomic E-state index is -0.473. The van der Waals surface area contributed by atoms with Crippen LogP contribution in [-0.4, -0.2) is 25.2 Å². The second-order valence-electron chi connectivity index (χ2n) is 4.76. The van der Waals surface area contributed by atoms with Crippen LogP contribution in [0.5, 0.6) is 0 Å². The molecule has 0 saturated carbocycles. The highest BCUT2D eigenvalue weighted by atomic mass is 16.5. The van der Waals surface area contributed by atoms with Gasteiger partial charge in [0.25, 0.3) is 0 Å². The molecule has 0 saturated heterocycles. The fourth-order valence-corrected chi connectivity index (χ4v) is 2.59. The van der Waals surface area contributed by atoms with Gasteiger partial charge in [0, 0.05) is 6.04 Å². The van der Waals surface area contributed by atoms with Gasteiger partial charge >= 0.3 is 6.09 Å². The third-order valence-electron chi connectivity index (χ3n) is 3.56. The Bertz CT molecular complexity index is 487. The molecule has 2 unspecified atom stereocenters. The molecule has 0 aliphatic heterocycles. The van der Waals surface area contributed by atoms with E-state index in [9.17, 15) is 9.59 Å². The van der Waals surface area contributed by atoms with E-state index in [1.165, 1.54) is 7.11 Å². The van der Waals surface area contributed by atoms with E-state index in [0.29, 0.717) is 6.42 Å². The lowest BCUT2D eigenvalue weighted by atomic mass is 9.91. The van der Waals surface area contributed by atoms with Crippen LogP contribution in [-0.2, 0) is 16.0 Å². The summed E-state index contributed by atoms with van der Waals surface area (Å²) in [6.45, 7) is 0. The quantitative estimate of drug-likeness (QED) is 0.789. The van der Waals surface area contributed by atoms with Crippen LogP contribution >= 0.6 is 0 Å². The van der Waals surface area contributed by atoms with E-state index >= 15 is 0 Å². The predicted molar refractivity (Wildman–Crippen MR) is 70.6 cm³/mol. The fraction of sp³-hybridized carbons (Fsp3) is 0.429. The lowest BCUT2D eigenvalue weighted by molar-refractivity contribution is -0.119. The molecular formula is C14H18N2O3. The molecule has 0 spiro atoms. The second-order valence-corrected chi connectivity index (χ2v) is 4.76. The molecule has 0 bridgehead atoms. The Hall–Kier alpha value is -2.04. The summed E-state index contributed by atoms with van der Waals surface area (Å²) in [6, 6.07) is 7.70. The third kappa shape index (κ3) is 3.05. The topological polar surface area (TPSA) is 81.4 Å². The number of rotatable bonds is 2. The molecule has 2 rings (SSSR count). The molecule has 5 nitrogen and oxygen atoms in total. The lowest BCUT2D eigenvalue weighted by Crippen LogP contribution is -2.37. The maximum atomic E-state index is 11.6. The number of aryl methyl sites for hydroxylation is 1. The average Bonchev–Trinajstić information content (AvgIpc) is 2.59. The summed E-state index contributed by atoms with van der Waals surface area (Å²) >= 11 is 0. The van der Waals surface area contributed by atoms with Gasteiger partial charge in [-0.25, -0.2) is 4.79 Å². The van der Waals surface area contributed by atoms with Gasteiger partial charge in [-0.2, -0.15) is 0 Å². The van der Waals surface area contributed by atoms with Gasteiger partial charge in [-0.05, 0) is 30.4 Å². The molecule has 3 N–H and O–H groups in total. The Kier molecular flexibility index (Phi) is 4.04. The number of nitrogens with two attached hydrogens (primary N) is 1. The highest BCUT2D eigenvalue weighted by Gasteiger charge is 2.28. The number of fused-ring (bicyclic) bond motifs is 1. The van der Waals surface area contributed by atoms with E-state index in [1.54, 1.807) is 0 Å². The summed E-state index contributed by atoms with van der Waals surface area (Å²) in [7, 11) is 1.33. The molecule has 0 fully saturated rings. The molecule has 2 atom stereocenters. The molecule has 2 amide bonds. The highest BCUT2D eigenvalue weighted by molar-refractivity contribution is 5.82. The standard InChI is InChI=1S/C14H18N2O3/c1-19-14(18)16-10-7-6-9-4-2-3-5-11(9)12(8-10)13(15)17/h2-5,10,12H,6-8H2,1H3,(H2,15,17)(H,16,18). The maximum absolute atomic E-state index is 11.6. The Morgan fingerprint density at radius 3 is 2.79 bits per heavy atom. The average molecular weight is 262 g/mol. The number of hydrogen-bond acceptors (Lipinski definition) is 3. The number of methoxy groups -OCH3 is 1. The molecule has 5 heteroatoms. The SMILES string of the molecule is COC(=O)NC1CCc2ccccc2C(C(N)=O)C1. The van der Waals surface area contributed by atoms with Gasteiger partial charge in [-0.1, -0.05) is 24.3 Å². The van der Waals surface area contributed by atoms with Crippen molar-refractivity contribution in [1.29, 1.82) is 0 Å². The maximum Gasteiger partial charge on any atom is 0.407 e. The van der Waals surface area contributed by atoms with Crippen LogP contribution in [0.4, 0.5) is 4.79 Å². The van der Waals surface area contributed by atoms with Crippen molar-refractivity contribution in [3.8, 4) is 0 Å². The first-order chi connectivity index (χ1) is 9.11. The fourth-order valence-electron chi connectivity index (χ4n) is 2.59. The molecule has 19 heavy (non-hydrogen) atoms. The first-order valence-corrected chi connectivity index (χ1v) is 6.33. The summed E-state index contributed by atoms with van der Waals surface area (Å²) in [6.07, 6.45) is 1.63. The van der Waals surface area contributed by atoms with Crippen LogP contribution in [0, 0.1) is 0 Å². The number of alkyl carbamates (subject to hydrolysis) is 1. The molecule has 1 aliphatic carbocycles. The van der Waals surface area contributed by atoms with Gasteiger partial charge in [0.2, 0.25) is 5.91 Å². The summed E-state index contributed by atoms with van der Waals surface area (Å²) < 4.78 is 4.60. The van der Waals surface area contributed by atoms with Crippen molar-refractivity contribution in [1.82, 2.24) is 5.32 Å². The monoisotopic (exact) mass is 262 g/mol. The highest BCUT2D eigenvalue weighted by Crippen LogP contribution is 2.30. The van der Waals surface area contributed by atoms with Crippen LogP contribution in [0.1, 0.15) is 29.9 Å². The number of primary amides is 1. The van der Waals surface area contributed by atoms with Crippen molar-refractivity contribution >= 4 is 12.0 Å². The van der Waals surface area contributed by atoms with Crippen molar-refractivity contribution in [2.24, 2.45) is 5.73 Å². The molecule has 1 aliphatic rings. The van der Waals surface area contributed by atoms with Crippen LogP contribution in [0.15, 0.2) is 24.3 Å². The zero-order valence-corrected chi connectivity index (χ0v) is 10.9. The van der Waals surface area contributed by atoms with Crippen molar-refractivity contribution in [3.05, 3.63) is 35.4 Å². The minimum Gasteiger partial charge on any atom is -0.453 e. The number of carbonyl (C=O) groups excluding carboxylic acids is 2. The number of hydrogen-bond donors (Lipinski definition) is 2. The van der Waals surface area contributed by atoms with Crippen LogP contribution in [0.3, 0.4) is 0 Å². The zero-order chi connectivity index (χ0) is 13.8. The molecular weight excluding hydrogens is 244 g/mol. The Labute approximate surface area is 112 Å². The number of ether oxygens (including phenoxy) is 1. The minimum absolute atomic E-state index is 0.0997. The lowest BCUT2D eigenvalue weighted by Gasteiger charge is -2.19. The van der Waals surface area contributed by atoms with Crippen LogP contribution in [0.25, 0.3) is 0 Å². The van der Waals surface area contributed by atoms with E-state index < -0.39 is 6.09 Å². The Balaban J connectivity index is 2.23. The van der Waals surface area contributed by atoms with Crippen LogP contribution in [0.2, 0.25) is 0 Å². The number of nitrogens with one attached hydrogen (secondary N) is 1. The van der Waals surface area contributed by atoms with Crippen molar-refractivity contribution in [2.75, 3.05) is 7.11 Å². The van der Waals surface area contributed by atoms with E-state index in [1.807, 2.05) is 24.3 Å². The largest absolute Gasteiger partial charge is 0.453 e. The van der Waals surface area contributed by atoms with Gasteiger partial charge in [0.1, 0.15) is 0 Å². The van der Waals surface area contributed by atoms with E-state index in [0.717, 1.165) is 24.0 Å². The summed E-state index contributed by atoms with van der Waals surface area (Å²) in [5, 5.41) is 2.76. The van der Waals surface area contributed by atoms with Crippen molar-refractivity contribution in [2.45, 2.75) is 31.2 Å². The number of carbonyl (C=O) groups is 2. The van der Waals surface area contributed by atoms with Gasteiger partial charge in [0.15, 0.2) is 0 Å². The zero-order valence-electron chi connectivity index (χ0n) is 10.9. The van der Waals surface area contributed by atoms with Crippen molar-refractivity contribution < 1.29 is 14.3 Å². The molecule has 0 radical (unpaired) electrons. The molecule has 0 heterocycles. The van der Waals surface area contributed by atoms with Gasteiger partial charge in [0.05, 0.1) is 13.0 Å². The normalized spacial score (nSPS) is 21.9. The van der Waals surface area contributed by atoms with Gasteiger partial charge in [-0.3, -0.25) is 4.79 Å². The molecule has 1 aromatic rings. The molecule has 0 aromatic heterocycles. The second kappa shape index (κ2) is 5.73. The summed E-state index contributed by atoms with van der Waals surface area (Å²) in [5.74, 6) is -0.716. The van der Waals surface area contributed by atoms with E-state index in [2.05, 4.69) is 10.1 Å². The van der Waals surface area contributed by atoms with E-state index in [-0.39, 0.29) is 17.9 Å². The van der Waals surface area contributed by atoms with Gasteiger partial charge in [-0.15, -0.1) is 0 Å². The number of amides is 2. The van der Waals surface area contributed by atoms with E-state index in [4.69, 9.17) is 5.73 Å². The Morgan fingerprint density at radius 2 is 2.11 bits per heavy atom. The predicted octanol–water partition coefficient (Wildman–Crippen LogP) is 1.32. The molecule has 1 aromatic carbocycles. The van der Waals surface area contributed by atoms with Crippen LogP contribution < -0.4 is 11.1 Å². The molecule has 102 valence electrons. The van der Waals surface area contributed by atoms with Gasteiger partial charge < -0.3 is 15.8 Å². The Morgan fingerprint density at radius 1 is 1.37 bits per heavy atom. The third-order valence-corrected chi connectivity index (χ3v) is 3.56. The summed E-state index contributed by atoms with van der Waals surface area (Å²) in [4.78, 5) is 22.9. The summed E-state index contributed by atoms with van der Waals surface area (Å²) in [5.41, 5.74) is 7.60. The first kappa shape index (κ1) is 13.4. The van der Waals surface area contributed by atoms with Crippen molar-refractivity contribution in [3.63, 3.8) is 0 Å².